The number of nitrogens with zero attached hydrogens (tertiary/aromatic N) is 2. The van der Waals surface area contributed by atoms with E-state index in [0.29, 0.717) is 11.3 Å². The van der Waals surface area contributed by atoms with E-state index in [4.69, 9.17) is 5.11 Å². The number of hydrogen-bond donors (Lipinski definition) is 1. The summed E-state index contributed by atoms with van der Waals surface area (Å²) in [4.78, 5) is 28.6. The van der Waals surface area contributed by atoms with Gasteiger partial charge < -0.3 is 5.11 Å². The van der Waals surface area contributed by atoms with E-state index in [0.717, 1.165) is 0 Å². The number of Topliss-reactive ketones (excluding diaryl/α,β-unsaturated/α-hetero) is 1. The van der Waals surface area contributed by atoms with Crippen LogP contribution in [0.25, 0.3) is 0 Å². The lowest BCUT2D eigenvalue weighted by atomic mass is 10.1. The normalized spacial score (nSPS) is 9.62. The molecule has 1 aromatic rings. The predicted octanol–water partition coefficient (Wildman–Crippen LogP) is -0.0188. The number of carbonyl (C=O) groups excluding carboxylic acids is 1. The number of aryl methyl sites for hydroxylation is 1. The Morgan fingerprint density at radius 2 is 2.23 bits per heavy atom. The molecule has 0 saturated carbocycles. The van der Waals surface area contributed by atoms with Gasteiger partial charge in [0, 0.05) is 18.3 Å². The maximum atomic E-state index is 10.8. The van der Waals surface area contributed by atoms with E-state index in [1.54, 1.807) is 6.92 Å². The van der Waals surface area contributed by atoms with Gasteiger partial charge in [-0.2, -0.15) is 0 Å². The molecule has 0 aliphatic rings. The molecule has 0 radical (unpaired) electrons. The van der Waals surface area contributed by atoms with E-state index in [9.17, 15) is 9.59 Å². The van der Waals surface area contributed by atoms with Crippen molar-refractivity contribution in [3.05, 3.63) is 23.8 Å². The van der Waals surface area contributed by atoms with Crippen molar-refractivity contribution in [2.45, 2.75) is 13.3 Å². The predicted molar refractivity (Wildman–Crippen MR) is 43.1 cm³/mol. The number of ketones is 1. The molecule has 0 amide bonds. The number of carbonyl (C=O) groups is 2. The lowest BCUT2D eigenvalue weighted by Crippen LogP contribution is -2.16. The third kappa shape index (κ3) is 2.33. The molecule has 5 nitrogen and oxygen atoms in total. The average molecular weight is 180 g/mol. The summed E-state index contributed by atoms with van der Waals surface area (Å²) in [7, 11) is 0. The van der Waals surface area contributed by atoms with Gasteiger partial charge in [-0.1, -0.05) is 0 Å². The monoisotopic (exact) mass is 180 g/mol. The molecule has 0 bridgehead atoms. The van der Waals surface area contributed by atoms with Crippen molar-refractivity contribution in [2.75, 3.05) is 0 Å². The van der Waals surface area contributed by atoms with Gasteiger partial charge in [-0.25, -0.2) is 14.8 Å². The van der Waals surface area contributed by atoms with Crippen molar-refractivity contribution in [1.29, 1.82) is 0 Å². The molecule has 0 unspecified atom stereocenters. The number of rotatable bonds is 3. The quantitative estimate of drug-likeness (QED) is 0.661. The van der Waals surface area contributed by atoms with Crippen LogP contribution in [0.1, 0.15) is 11.3 Å². The first-order valence-corrected chi connectivity index (χ1v) is 3.63. The third-order valence-corrected chi connectivity index (χ3v) is 1.60. The fourth-order valence-electron chi connectivity index (χ4n) is 0.842. The van der Waals surface area contributed by atoms with Crippen molar-refractivity contribution in [1.82, 2.24) is 9.97 Å². The fourth-order valence-corrected chi connectivity index (χ4v) is 0.842. The Hall–Kier alpha value is -1.78. The summed E-state index contributed by atoms with van der Waals surface area (Å²) in [5.74, 6) is -2.28. The smallest absolute Gasteiger partial charge is 0.372 e. The maximum absolute atomic E-state index is 10.8. The zero-order valence-corrected chi connectivity index (χ0v) is 7.02. The molecule has 0 fully saturated rings. The van der Waals surface area contributed by atoms with Gasteiger partial charge in [0.15, 0.2) is 0 Å². The lowest BCUT2D eigenvalue weighted by molar-refractivity contribution is -0.148. The first-order valence-electron chi connectivity index (χ1n) is 3.63. The van der Waals surface area contributed by atoms with Gasteiger partial charge in [-0.15, -0.1) is 0 Å². The lowest BCUT2D eigenvalue weighted by Gasteiger charge is -1.99. The van der Waals surface area contributed by atoms with E-state index in [2.05, 4.69) is 9.97 Å². The van der Waals surface area contributed by atoms with Gasteiger partial charge in [0.1, 0.15) is 6.33 Å². The zero-order chi connectivity index (χ0) is 9.84. The van der Waals surface area contributed by atoms with Crippen molar-refractivity contribution in [2.24, 2.45) is 0 Å². The summed E-state index contributed by atoms with van der Waals surface area (Å²) < 4.78 is 0. The molecule has 0 aliphatic heterocycles. The molecule has 1 rings (SSSR count). The summed E-state index contributed by atoms with van der Waals surface area (Å²) in [5, 5.41) is 8.34. The van der Waals surface area contributed by atoms with Crippen LogP contribution in [0.5, 0.6) is 0 Å². The van der Waals surface area contributed by atoms with Gasteiger partial charge in [0.05, 0.1) is 0 Å². The van der Waals surface area contributed by atoms with Gasteiger partial charge >= 0.3 is 5.97 Å². The Balaban J connectivity index is 2.81. The molecule has 0 aromatic carbocycles. The molecule has 0 saturated heterocycles. The van der Waals surface area contributed by atoms with Gasteiger partial charge in [-0.3, -0.25) is 4.79 Å². The largest absolute Gasteiger partial charge is 0.475 e. The highest BCUT2D eigenvalue weighted by atomic mass is 16.4. The van der Waals surface area contributed by atoms with Gasteiger partial charge in [-0.05, 0) is 12.5 Å². The minimum atomic E-state index is -1.43. The molecule has 5 heteroatoms. The first-order chi connectivity index (χ1) is 6.11. The zero-order valence-electron chi connectivity index (χ0n) is 7.02. The Morgan fingerprint density at radius 3 is 2.77 bits per heavy atom. The minimum absolute atomic E-state index is 0.151. The highest BCUT2D eigenvalue weighted by Gasteiger charge is 2.13. The van der Waals surface area contributed by atoms with Crippen LogP contribution < -0.4 is 0 Å². The van der Waals surface area contributed by atoms with Crippen molar-refractivity contribution in [3.63, 3.8) is 0 Å². The third-order valence-electron chi connectivity index (χ3n) is 1.60. The van der Waals surface area contributed by atoms with Gasteiger partial charge in [0.25, 0.3) is 0 Å². The molecule has 0 aliphatic carbocycles. The van der Waals surface area contributed by atoms with Crippen molar-refractivity contribution < 1.29 is 14.7 Å². The summed E-state index contributed by atoms with van der Waals surface area (Å²) in [6.45, 7) is 1.70. The van der Waals surface area contributed by atoms with E-state index in [1.165, 1.54) is 12.5 Å². The molecule has 0 spiro atoms. The molecule has 13 heavy (non-hydrogen) atoms. The van der Waals surface area contributed by atoms with Gasteiger partial charge in [0.2, 0.25) is 5.78 Å². The second kappa shape index (κ2) is 3.75. The molecular weight excluding hydrogens is 172 g/mol. The first kappa shape index (κ1) is 9.31. The highest BCUT2D eigenvalue weighted by Crippen LogP contribution is 2.02. The number of carboxylic acid groups (broad SMARTS) is 1. The number of carboxylic acids is 1. The SMILES string of the molecule is Cc1ncncc1CC(=O)C(=O)O. The van der Waals surface area contributed by atoms with Crippen LogP contribution in [-0.2, 0) is 16.0 Å². The second-order valence-corrected chi connectivity index (χ2v) is 2.54. The standard InChI is InChI=1S/C8H8N2O3/c1-5-6(3-9-4-10-5)2-7(11)8(12)13/h3-4H,2H2,1H3,(H,12,13). The Bertz CT molecular complexity index is 349. The number of hydrogen-bond acceptors (Lipinski definition) is 4. The summed E-state index contributed by atoms with van der Waals surface area (Å²) >= 11 is 0. The second-order valence-electron chi connectivity index (χ2n) is 2.54. The number of aromatic nitrogens is 2. The van der Waals surface area contributed by atoms with Crippen LogP contribution in [0.4, 0.5) is 0 Å². The van der Waals surface area contributed by atoms with E-state index in [1.807, 2.05) is 0 Å². The molecule has 68 valence electrons. The topological polar surface area (TPSA) is 80.2 Å². The van der Waals surface area contributed by atoms with Crippen LogP contribution in [0.2, 0.25) is 0 Å². The van der Waals surface area contributed by atoms with Crippen molar-refractivity contribution >= 4 is 11.8 Å². The van der Waals surface area contributed by atoms with Crippen molar-refractivity contribution in [3.8, 4) is 0 Å². The van der Waals surface area contributed by atoms with Crippen LogP contribution in [0.3, 0.4) is 0 Å². The molecule has 1 N–H and O–H groups in total. The van der Waals surface area contributed by atoms with E-state index < -0.39 is 11.8 Å². The van der Waals surface area contributed by atoms with Crippen LogP contribution in [-0.4, -0.2) is 26.8 Å². The molecule has 0 atom stereocenters. The highest BCUT2D eigenvalue weighted by molar-refractivity contribution is 6.33. The average Bonchev–Trinajstić information content (AvgIpc) is 2.08. The summed E-state index contributed by atoms with van der Waals surface area (Å²) in [6, 6.07) is 0. The van der Waals surface area contributed by atoms with Crippen LogP contribution >= 0.6 is 0 Å². The fraction of sp³-hybridized carbons (Fsp3) is 0.250. The Labute approximate surface area is 74.4 Å². The Kier molecular flexibility index (Phi) is 2.69. The van der Waals surface area contributed by atoms with Crippen LogP contribution in [0, 0.1) is 6.92 Å². The minimum Gasteiger partial charge on any atom is -0.475 e. The maximum Gasteiger partial charge on any atom is 0.372 e. The molecule has 1 aromatic heterocycles. The molecule has 1 heterocycles. The molecular formula is C8H8N2O3. The Morgan fingerprint density at radius 1 is 1.54 bits per heavy atom. The van der Waals surface area contributed by atoms with E-state index in [-0.39, 0.29) is 6.42 Å². The van der Waals surface area contributed by atoms with Crippen LogP contribution in [0.15, 0.2) is 12.5 Å². The summed E-state index contributed by atoms with van der Waals surface area (Å²) in [6.07, 6.45) is 2.65. The number of aliphatic carboxylic acids is 1. The summed E-state index contributed by atoms with van der Waals surface area (Å²) in [5.41, 5.74) is 1.18. The van der Waals surface area contributed by atoms with E-state index >= 15 is 0 Å².